The summed E-state index contributed by atoms with van der Waals surface area (Å²) < 4.78 is 0. The van der Waals surface area contributed by atoms with E-state index in [1.165, 1.54) is 17.0 Å². The van der Waals surface area contributed by atoms with Crippen molar-refractivity contribution in [3.05, 3.63) is 51.0 Å². The molecule has 0 saturated carbocycles. The number of carboxylic acid groups (broad SMARTS) is 1. The minimum Gasteiger partial charge on any atom is -0.478 e. The second-order valence-corrected chi connectivity index (χ2v) is 7.11. The van der Waals surface area contributed by atoms with E-state index in [1.54, 1.807) is 23.5 Å². The summed E-state index contributed by atoms with van der Waals surface area (Å²) in [5, 5.41) is 10.2. The summed E-state index contributed by atoms with van der Waals surface area (Å²) in [7, 11) is 2.11. The number of carboxylic acids is 1. The predicted octanol–water partition coefficient (Wildman–Crippen LogP) is 3.66. The van der Waals surface area contributed by atoms with Crippen LogP contribution in [0.5, 0.6) is 0 Å². The number of hydrogen-bond donors (Lipinski definition) is 1. The molecule has 0 fully saturated rings. The van der Waals surface area contributed by atoms with Gasteiger partial charge in [-0.1, -0.05) is 12.1 Å². The summed E-state index contributed by atoms with van der Waals surface area (Å²) in [6, 6.07) is 7.60. The van der Waals surface area contributed by atoms with Crippen molar-refractivity contribution in [1.29, 1.82) is 0 Å². The molecule has 1 atom stereocenters. The molecule has 0 aliphatic heterocycles. The number of fused-ring (bicyclic) bond motifs is 1. The molecule has 1 heterocycles. The zero-order valence-corrected chi connectivity index (χ0v) is 13.7. The van der Waals surface area contributed by atoms with Crippen molar-refractivity contribution in [3.8, 4) is 0 Å². The Morgan fingerprint density at radius 3 is 3.09 bits per heavy atom. The van der Waals surface area contributed by atoms with Crippen molar-refractivity contribution in [2.45, 2.75) is 38.8 Å². The average molecular weight is 316 g/mol. The molecule has 5 heteroatoms. The van der Waals surface area contributed by atoms with Gasteiger partial charge in [-0.15, -0.1) is 11.3 Å². The number of aryl methyl sites for hydroxylation is 2. The Kier molecular flexibility index (Phi) is 4.27. The molecule has 1 aromatic carbocycles. The van der Waals surface area contributed by atoms with Gasteiger partial charge in [-0.25, -0.2) is 9.78 Å². The molecule has 4 nitrogen and oxygen atoms in total. The number of hydrogen-bond acceptors (Lipinski definition) is 4. The second-order valence-electron chi connectivity index (χ2n) is 5.87. The third-order valence-corrected chi connectivity index (χ3v) is 5.28. The van der Waals surface area contributed by atoms with Crippen LogP contribution in [0.3, 0.4) is 0 Å². The Bertz CT molecular complexity index is 696. The monoisotopic (exact) mass is 316 g/mol. The fraction of sp³-hybridized carbons (Fsp3) is 0.412. The van der Waals surface area contributed by atoms with E-state index < -0.39 is 5.97 Å². The van der Waals surface area contributed by atoms with Crippen molar-refractivity contribution < 1.29 is 9.90 Å². The summed E-state index contributed by atoms with van der Waals surface area (Å²) in [4.78, 5) is 19.4. The number of thiazole rings is 1. The molecule has 0 amide bonds. The Morgan fingerprint density at radius 2 is 2.32 bits per heavy atom. The van der Waals surface area contributed by atoms with Gasteiger partial charge in [-0.2, -0.15) is 0 Å². The van der Waals surface area contributed by atoms with Crippen LogP contribution in [0, 0.1) is 6.92 Å². The molecule has 1 unspecified atom stereocenters. The predicted molar refractivity (Wildman–Crippen MR) is 87.4 cm³/mol. The largest absolute Gasteiger partial charge is 0.478 e. The fourth-order valence-corrected chi connectivity index (χ4v) is 4.31. The summed E-state index contributed by atoms with van der Waals surface area (Å²) in [5.41, 5.74) is 2.64. The Labute approximate surface area is 134 Å². The van der Waals surface area contributed by atoms with Gasteiger partial charge in [-0.05, 0) is 50.9 Å². The van der Waals surface area contributed by atoms with Gasteiger partial charge in [0.25, 0.3) is 0 Å². The molecule has 1 aliphatic carbocycles. The number of aromatic nitrogens is 1. The zero-order chi connectivity index (χ0) is 15.7. The first-order valence-electron chi connectivity index (χ1n) is 7.53. The normalized spacial score (nSPS) is 17.5. The fourth-order valence-electron chi connectivity index (χ4n) is 3.14. The first-order valence-corrected chi connectivity index (χ1v) is 8.35. The number of benzene rings is 1. The molecule has 0 saturated heterocycles. The molecule has 22 heavy (non-hydrogen) atoms. The lowest BCUT2D eigenvalue weighted by atomic mass is 9.96. The summed E-state index contributed by atoms with van der Waals surface area (Å²) in [6.07, 6.45) is 3.39. The molecule has 1 aliphatic rings. The van der Waals surface area contributed by atoms with Gasteiger partial charge in [0.15, 0.2) is 0 Å². The highest BCUT2D eigenvalue weighted by atomic mass is 32.1. The van der Waals surface area contributed by atoms with Crippen LogP contribution < -0.4 is 0 Å². The molecular weight excluding hydrogens is 296 g/mol. The topological polar surface area (TPSA) is 53.4 Å². The van der Waals surface area contributed by atoms with E-state index >= 15 is 0 Å². The van der Waals surface area contributed by atoms with Crippen molar-refractivity contribution in [1.82, 2.24) is 9.88 Å². The molecule has 1 N–H and O–H groups in total. The lowest BCUT2D eigenvalue weighted by molar-refractivity contribution is 0.0696. The minimum absolute atomic E-state index is 0.351. The lowest BCUT2D eigenvalue weighted by Crippen LogP contribution is -2.26. The van der Waals surface area contributed by atoms with Crippen LogP contribution in [0.15, 0.2) is 24.3 Å². The minimum atomic E-state index is -0.873. The molecule has 1 aromatic heterocycles. The van der Waals surface area contributed by atoms with Crippen LogP contribution in [0.4, 0.5) is 0 Å². The maximum absolute atomic E-state index is 11.1. The summed E-state index contributed by atoms with van der Waals surface area (Å²) in [5.74, 6) is -0.873. The van der Waals surface area contributed by atoms with Gasteiger partial charge in [0.1, 0.15) is 0 Å². The number of carbonyl (C=O) groups is 1. The van der Waals surface area contributed by atoms with E-state index in [1.807, 2.05) is 12.1 Å². The molecule has 0 bridgehead atoms. The maximum Gasteiger partial charge on any atom is 0.335 e. The third kappa shape index (κ3) is 3.05. The lowest BCUT2D eigenvalue weighted by Gasteiger charge is -2.30. The first kappa shape index (κ1) is 15.2. The van der Waals surface area contributed by atoms with Gasteiger partial charge in [0.2, 0.25) is 0 Å². The van der Waals surface area contributed by atoms with E-state index in [2.05, 4.69) is 23.9 Å². The maximum atomic E-state index is 11.1. The van der Waals surface area contributed by atoms with Crippen LogP contribution in [0.25, 0.3) is 0 Å². The molecule has 0 spiro atoms. The van der Waals surface area contributed by atoms with Crippen molar-refractivity contribution >= 4 is 17.3 Å². The quantitative estimate of drug-likeness (QED) is 0.935. The first-order chi connectivity index (χ1) is 10.5. The second kappa shape index (κ2) is 6.18. The van der Waals surface area contributed by atoms with E-state index in [4.69, 9.17) is 5.11 Å². The van der Waals surface area contributed by atoms with Crippen LogP contribution >= 0.6 is 11.3 Å². The van der Waals surface area contributed by atoms with Crippen LogP contribution in [-0.2, 0) is 13.0 Å². The average Bonchev–Trinajstić information content (AvgIpc) is 2.87. The molecule has 3 rings (SSSR count). The standard InChI is InChI=1S/C17H20N2O2S/c1-11-18-14-7-4-8-15(16(14)22-11)19(2)10-12-5-3-6-13(9-12)17(20)21/h3,5-6,9,15H,4,7-8,10H2,1-2H3,(H,20,21). The number of aromatic carboxylic acids is 1. The third-order valence-electron chi connectivity index (χ3n) is 4.17. The summed E-state index contributed by atoms with van der Waals surface area (Å²) in [6.45, 7) is 2.82. The van der Waals surface area contributed by atoms with Crippen LogP contribution in [0.1, 0.15) is 50.4 Å². The van der Waals surface area contributed by atoms with Gasteiger partial charge in [-0.3, -0.25) is 4.90 Å². The highest BCUT2D eigenvalue weighted by molar-refractivity contribution is 7.11. The summed E-state index contributed by atoms with van der Waals surface area (Å²) >= 11 is 1.80. The van der Waals surface area contributed by atoms with Gasteiger partial charge >= 0.3 is 5.97 Å². The Hall–Kier alpha value is -1.72. The Balaban J connectivity index is 1.79. The number of nitrogens with zero attached hydrogens (tertiary/aromatic N) is 2. The van der Waals surface area contributed by atoms with Gasteiger partial charge in [0.05, 0.1) is 16.3 Å². The van der Waals surface area contributed by atoms with Gasteiger partial charge in [0, 0.05) is 17.5 Å². The van der Waals surface area contributed by atoms with Gasteiger partial charge < -0.3 is 5.11 Å². The zero-order valence-electron chi connectivity index (χ0n) is 12.9. The van der Waals surface area contributed by atoms with Crippen LogP contribution in [-0.4, -0.2) is 28.0 Å². The molecular formula is C17H20N2O2S. The smallest absolute Gasteiger partial charge is 0.335 e. The van der Waals surface area contributed by atoms with E-state index in [-0.39, 0.29) is 0 Å². The highest BCUT2D eigenvalue weighted by Crippen LogP contribution is 2.37. The number of rotatable bonds is 4. The SMILES string of the molecule is Cc1nc2c(s1)C(N(C)Cc1cccc(C(=O)O)c1)CCC2. The van der Waals surface area contributed by atoms with E-state index in [0.29, 0.717) is 11.6 Å². The van der Waals surface area contributed by atoms with E-state index in [9.17, 15) is 4.79 Å². The van der Waals surface area contributed by atoms with Crippen molar-refractivity contribution in [2.75, 3.05) is 7.05 Å². The highest BCUT2D eigenvalue weighted by Gasteiger charge is 2.27. The van der Waals surface area contributed by atoms with Crippen LogP contribution in [0.2, 0.25) is 0 Å². The molecule has 116 valence electrons. The van der Waals surface area contributed by atoms with Crippen molar-refractivity contribution in [2.24, 2.45) is 0 Å². The Morgan fingerprint density at radius 1 is 1.50 bits per heavy atom. The van der Waals surface area contributed by atoms with Crippen molar-refractivity contribution in [3.63, 3.8) is 0 Å². The molecule has 0 radical (unpaired) electrons. The van der Waals surface area contributed by atoms with E-state index in [0.717, 1.165) is 30.0 Å². The molecule has 2 aromatic rings.